The lowest BCUT2D eigenvalue weighted by molar-refractivity contribution is -0.117. The maximum absolute atomic E-state index is 13.4. The van der Waals surface area contributed by atoms with Crippen molar-refractivity contribution in [2.45, 2.75) is 18.6 Å². The lowest BCUT2D eigenvalue weighted by Crippen LogP contribution is -2.30. The molecule has 1 atom stereocenters. The molecule has 0 bridgehead atoms. The molecule has 1 heterocycles. The number of hydrogen-bond donors (Lipinski definition) is 1. The second-order valence-corrected chi connectivity index (χ2v) is 8.61. The van der Waals surface area contributed by atoms with Gasteiger partial charge < -0.3 is 5.32 Å². The molecule has 1 N–H and O–H groups in total. The van der Waals surface area contributed by atoms with E-state index in [2.05, 4.69) is 5.32 Å². The van der Waals surface area contributed by atoms with Crippen LogP contribution in [0.2, 0.25) is 0 Å². The Morgan fingerprint density at radius 1 is 1.00 bits per heavy atom. The fourth-order valence-electron chi connectivity index (χ4n) is 3.46. The molecule has 32 heavy (non-hydrogen) atoms. The van der Waals surface area contributed by atoms with Gasteiger partial charge in [-0.3, -0.25) is 14.5 Å². The first-order chi connectivity index (χ1) is 15.6. The molecule has 2 amide bonds. The molecule has 0 aliphatic carbocycles. The van der Waals surface area contributed by atoms with Crippen molar-refractivity contribution in [1.82, 2.24) is 0 Å². The predicted octanol–water partition coefficient (Wildman–Crippen LogP) is 5.06. The average molecular weight is 440 g/mol. The number of aryl methyl sites for hydroxylation is 1. The molecule has 5 nitrogen and oxygen atoms in total. The second kappa shape index (κ2) is 9.54. The zero-order chi connectivity index (χ0) is 22.5. The minimum Gasteiger partial charge on any atom is -0.321 e. The van der Waals surface area contributed by atoms with E-state index in [0.29, 0.717) is 22.8 Å². The molecular formula is C26H21N3O2S. The molecule has 1 fully saturated rings. The van der Waals surface area contributed by atoms with Gasteiger partial charge in [-0.1, -0.05) is 78.0 Å². The summed E-state index contributed by atoms with van der Waals surface area (Å²) in [6.07, 6.45) is 0.509. The van der Waals surface area contributed by atoms with Crippen molar-refractivity contribution in [2.75, 3.05) is 10.2 Å². The van der Waals surface area contributed by atoms with Gasteiger partial charge in [0.2, 0.25) is 5.91 Å². The monoisotopic (exact) mass is 439 g/mol. The molecule has 3 aromatic rings. The average Bonchev–Trinajstić information content (AvgIpc) is 3.12. The van der Waals surface area contributed by atoms with Gasteiger partial charge in [-0.05, 0) is 43.2 Å². The minimum atomic E-state index is -0.534. The molecule has 158 valence electrons. The Hall–Kier alpha value is -3.82. The summed E-state index contributed by atoms with van der Waals surface area (Å²) >= 11 is 1.26. The van der Waals surface area contributed by atoms with Crippen molar-refractivity contribution >= 4 is 35.0 Å². The van der Waals surface area contributed by atoms with Gasteiger partial charge in [-0.2, -0.15) is 5.26 Å². The molecule has 3 aromatic carbocycles. The minimum absolute atomic E-state index is 0.0802. The highest BCUT2D eigenvalue weighted by Gasteiger charge is 2.40. The summed E-state index contributed by atoms with van der Waals surface area (Å²) in [6.45, 7) is 1.96. The lowest BCUT2D eigenvalue weighted by Gasteiger charge is -2.18. The highest BCUT2D eigenvalue weighted by atomic mass is 32.2. The third kappa shape index (κ3) is 4.58. The molecule has 0 spiro atoms. The summed E-state index contributed by atoms with van der Waals surface area (Å²) in [4.78, 5) is 27.9. The molecule has 1 saturated heterocycles. The largest absolute Gasteiger partial charge is 0.321 e. The van der Waals surface area contributed by atoms with Gasteiger partial charge in [-0.25, -0.2) is 0 Å². The van der Waals surface area contributed by atoms with E-state index in [1.54, 1.807) is 24.3 Å². The van der Waals surface area contributed by atoms with Crippen LogP contribution >= 0.6 is 11.8 Å². The Labute approximate surface area is 191 Å². The third-order valence-corrected chi connectivity index (χ3v) is 6.36. The highest BCUT2D eigenvalue weighted by molar-refractivity contribution is 8.05. The van der Waals surface area contributed by atoms with Gasteiger partial charge in [0.1, 0.15) is 16.7 Å². The standard InChI is InChI=1S/C26H21N3O2S/c1-18-12-14-20(15-13-18)28-24(30)22(17-27)26-29(21-10-6-3-7-11-21)25(31)23(32-26)16-19-8-4-2-5-9-19/h2-15,23H,16H2,1H3,(H,28,30)/b26-22-. The van der Waals surface area contributed by atoms with Crippen LogP contribution in [0.25, 0.3) is 0 Å². The first kappa shape index (κ1) is 21.4. The van der Waals surface area contributed by atoms with E-state index in [9.17, 15) is 14.9 Å². The maximum Gasteiger partial charge on any atom is 0.269 e. The quantitative estimate of drug-likeness (QED) is 0.445. The number of nitrogens with one attached hydrogen (secondary N) is 1. The van der Waals surface area contributed by atoms with Crippen molar-refractivity contribution in [2.24, 2.45) is 0 Å². The number of nitriles is 1. The predicted molar refractivity (Wildman–Crippen MR) is 128 cm³/mol. The van der Waals surface area contributed by atoms with Crippen LogP contribution in [-0.2, 0) is 16.0 Å². The van der Waals surface area contributed by atoms with Crippen LogP contribution in [0, 0.1) is 18.3 Å². The van der Waals surface area contributed by atoms with E-state index in [1.807, 2.05) is 73.7 Å². The van der Waals surface area contributed by atoms with Gasteiger partial charge in [-0.15, -0.1) is 0 Å². The normalized spacial score (nSPS) is 17.1. The van der Waals surface area contributed by atoms with Crippen LogP contribution in [0.4, 0.5) is 11.4 Å². The van der Waals surface area contributed by atoms with Crippen molar-refractivity contribution in [3.05, 3.63) is 107 Å². The number of para-hydroxylation sites is 1. The van der Waals surface area contributed by atoms with Crippen LogP contribution < -0.4 is 10.2 Å². The SMILES string of the molecule is Cc1ccc(NC(=O)/C(C#N)=C2\SC(Cc3ccccc3)C(=O)N2c2ccccc2)cc1. The summed E-state index contributed by atoms with van der Waals surface area (Å²) in [5, 5.41) is 12.6. The molecule has 0 saturated carbocycles. The summed E-state index contributed by atoms with van der Waals surface area (Å²) in [7, 11) is 0. The number of anilines is 2. The zero-order valence-corrected chi connectivity index (χ0v) is 18.3. The molecule has 4 rings (SSSR count). The van der Waals surface area contributed by atoms with E-state index < -0.39 is 11.2 Å². The third-order valence-electron chi connectivity index (χ3n) is 5.09. The second-order valence-electron chi connectivity index (χ2n) is 7.42. The summed E-state index contributed by atoms with van der Waals surface area (Å²) in [5.41, 5.74) is 3.23. The number of benzene rings is 3. The Morgan fingerprint density at radius 3 is 2.25 bits per heavy atom. The molecule has 0 aromatic heterocycles. The van der Waals surface area contributed by atoms with E-state index >= 15 is 0 Å². The fourth-order valence-corrected chi connectivity index (χ4v) is 4.77. The number of amides is 2. The Bertz CT molecular complexity index is 1200. The number of carbonyl (C=O) groups excluding carboxylic acids is 2. The molecular weight excluding hydrogens is 418 g/mol. The lowest BCUT2D eigenvalue weighted by atomic mass is 10.1. The van der Waals surface area contributed by atoms with Crippen molar-refractivity contribution in [1.29, 1.82) is 5.26 Å². The first-order valence-electron chi connectivity index (χ1n) is 10.2. The van der Waals surface area contributed by atoms with E-state index in [-0.39, 0.29) is 11.5 Å². The molecule has 0 radical (unpaired) electrons. The zero-order valence-electron chi connectivity index (χ0n) is 17.5. The van der Waals surface area contributed by atoms with Crippen LogP contribution in [0.1, 0.15) is 11.1 Å². The van der Waals surface area contributed by atoms with Gasteiger partial charge >= 0.3 is 0 Å². The Balaban J connectivity index is 1.70. The number of rotatable bonds is 5. The topological polar surface area (TPSA) is 73.2 Å². The van der Waals surface area contributed by atoms with Gasteiger partial charge in [0.25, 0.3) is 5.91 Å². The molecule has 1 unspecified atom stereocenters. The number of carbonyl (C=O) groups is 2. The van der Waals surface area contributed by atoms with Crippen molar-refractivity contribution in [3.63, 3.8) is 0 Å². The van der Waals surface area contributed by atoms with Gasteiger partial charge in [0.05, 0.1) is 5.25 Å². The Kier molecular flexibility index (Phi) is 6.39. The van der Waals surface area contributed by atoms with E-state index in [4.69, 9.17) is 0 Å². The summed E-state index contributed by atoms with van der Waals surface area (Å²) < 4.78 is 0. The highest BCUT2D eigenvalue weighted by Crippen LogP contribution is 2.42. The maximum atomic E-state index is 13.4. The smallest absolute Gasteiger partial charge is 0.269 e. The first-order valence-corrected chi connectivity index (χ1v) is 11.1. The number of nitrogens with zero attached hydrogens (tertiary/aromatic N) is 2. The van der Waals surface area contributed by atoms with E-state index in [0.717, 1.165) is 11.1 Å². The van der Waals surface area contributed by atoms with Crippen LogP contribution in [0.5, 0.6) is 0 Å². The van der Waals surface area contributed by atoms with Crippen LogP contribution in [0.3, 0.4) is 0 Å². The Morgan fingerprint density at radius 2 is 1.62 bits per heavy atom. The fraction of sp³-hybridized carbons (Fsp3) is 0.115. The molecule has 1 aliphatic rings. The van der Waals surface area contributed by atoms with Gasteiger partial charge in [0.15, 0.2) is 0 Å². The number of hydrogen-bond acceptors (Lipinski definition) is 4. The summed E-state index contributed by atoms with van der Waals surface area (Å²) in [6, 6.07) is 28.2. The van der Waals surface area contributed by atoms with Crippen LogP contribution in [0.15, 0.2) is 95.5 Å². The summed E-state index contributed by atoms with van der Waals surface area (Å²) in [5.74, 6) is -0.677. The number of thioether (sulfide) groups is 1. The van der Waals surface area contributed by atoms with E-state index in [1.165, 1.54) is 16.7 Å². The van der Waals surface area contributed by atoms with Crippen molar-refractivity contribution < 1.29 is 9.59 Å². The van der Waals surface area contributed by atoms with Crippen LogP contribution in [-0.4, -0.2) is 17.1 Å². The molecule has 6 heteroatoms. The van der Waals surface area contributed by atoms with Crippen molar-refractivity contribution in [3.8, 4) is 6.07 Å². The van der Waals surface area contributed by atoms with Gasteiger partial charge in [0, 0.05) is 11.4 Å². The molecule has 1 aliphatic heterocycles.